The molecule has 1 aromatic carbocycles. The third-order valence-corrected chi connectivity index (χ3v) is 4.11. The number of thiazole rings is 1. The summed E-state index contributed by atoms with van der Waals surface area (Å²) in [4.78, 5) is 32.2. The number of nitro benzene ring substituents is 1. The van der Waals surface area contributed by atoms with Gasteiger partial charge < -0.3 is 10.2 Å². The van der Waals surface area contributed by atoms with E-state index in [-0.39, 0.29) is 11.6 Å². The van der Waals surface area contributed by atoms with Gasteiger partial charge in [0.25, 0.3) is 5.69 Å². The first-order chi connectivity index (χ1) is 11.1. The Bertz CT molecular complexity index is 775. The number of amides is 1. The zero-order valence-corrected chi connectivity index (χ0v) is 12.8. The minimum atomic E-state index is -0.699. The molecule has 2 atom stereocenters. The van der Waals surface area contributed by atoms with Crippen LogP contribution in [0.25, 0.3) is 0 Å². The standard InChI is InChI=1S/C14H12N4O4S/c1-8-11(13(19)16-14-15-5-6-23-14)12(22-17-8)9-3-2-4-10(7-9)18(20)21/h2-7,11-12H,1H3,(H,15,16,19)/t11-,12-/m1/s1. The van der Waals surface area contributed by atoms with E-state index in [9.17, 15) is 14.9 Å². The minimum absolute atomic E-state index is 0.0604. The van der Waals surface area contributed by atoms with Crippen molar-refractivity contribution in [1.82, 2.24) is 4.98 Å². The fraction of sp³-hybridized carbons (Fsp3) is 0.214. The molecule has 0 spiro atoms. The second-order valence-electron chi connectivity index (χ2n) is 4.91. The van der Waals surface area contributed by atoms with E-state index in [0.717, 1.165) is 0 Å². The summed E-state index contributed by atoms with van der Waals surface area (Å²) in [7, 11) is 0. The number of carbonyl (C=O) groups is 1. The number of benzene rings is 1. The number of anilines is 1. The highest BCUT2D eigenvalue weighted by Crippen LogP contribution is 2.35. The zero-order chi connectivity index (χ0) is 16.4. The van der Waals surface area contributed by atoms with Crippen molar-refractivity contribution in [2.75, 3.05) is 5.32 Å². The predicted molar refractivity (Wildman–Crippen MR) is 84.3 cm³/mol. The Morgan fingerprint density at radius 1 is 1.48 bits per heavy atom. The molecule has 1 N–H and O–H groups in total. The first-order valence-electron chi connectivity index (χ1n) is 6.71. The van der Waals surface area contributed by atoms with Gasteiger partial charge in [0.15, 0.2) is 11.2 Å². The molecule has 0 radical (unpaired) electrons. The molecule has 3 rings (SSSR count). The number of nitrogens with zero attached hydrogens (tertiary/aromatic N) is 3. The molecular formula is C14H12N4O4S. The first kappa shape index (κ1) is 15.1. The topological polar surface area (TPSA) is 107 Å². The Hall–Kier alpha value is -2.81. The van der Waals surface area contributed by atoms with E-state index in [1.807, 2.05) is 0 Å². The summed E-state index contributed by atoms with van der Waals surface area (Å²) in [6.07, 6.45) is 0.889. The number of nitrogens with one attached hydrogen (secondary N) is 1. The molecule has 1 aliphatic heterocycles. The Balaban J connectivity index is 1.85. The van der Waals surface area contributed by atoms with E-state index in [4.69, 9.17) is 4.84 Å². The second-order valence-corrected chi connectivity index (χ2v) is 5.81. The number of aromatic nitrogens is 1. The largest absolute Gasteiger partial charge is 0.386 e. The lowest BCUT2D eigenvalue weighted by molar-refractivity contribution is -0.385. The Labute approximate surface area is 134 Å². The quantitative estimate of drug-likeness (QED) is 0.684. The molecule has 23 heavy (non-hydrogen) atoms. The Morgan fingerprint density at radius 3 is 3.00 bits per heavy atom. The lowest BCUT2D eigenvalue weighted by Gasteiger charge is -2.17. The van der Waals surface area contributed by atoms with E-state index in [2.05, 4.69) is 15.5 Å². The van der Waals surface area contributed by atoms with Gasteiger partial charge in [-0.1, -0.05) is 17.3 Å². The van der Waals surface area contributed by atoms with Crippen LogP contribution in [0, 0.1) is 16.0 Å². The van der Waals surface area contributed by atoms with Crippen molar-refractivity contribution >= 4 is 33.8 Å². The molecule has 0 aliphatic carbocycles. The summed E-state index contributed by atoms with van der Waals surface area (Å²) in [6, 6.07) is 6.01. The fourth-order valence-electron chi connectivity index (χ4n) is 2.34. The van der Waals surface area contributed by atoms with Crippen molar-refractivity contribution in [2.24, 2.45) is 11.1 Å². The first-order valence-corrected chi connectivity index (χ1v) is 7.59. The number of hydrogen-bond acceptors (Lipinski definition) is 7. The Morgan fingerprint density at radius 2 is 2.30 bits per heavy atom. The van der Waals surface area contributed by atoms with E-state index >= 15 is 0 Å². The maximum Gasteiger partial charge on any atom is 0.269 e. The molecule has 1 aromatic heterocycles. The molecule has 9 heteroatoms. The van der Waals surface area contributed by atoms with Gasteiger partial charge in [0.1, 0.15) is 5.92 Å². The van der Waals surface area contributed by atoms with Gasteiger partial charge in [-0.3, -0.25) is 14.9 Å². The summed E-state index contributed by atoms with van der Waals surface area (Å²) >= 11 is 1.30. The highest BCUT2D eigenvalue weighted by molar-refractivity contribution is 7.13. The van der Waals surface area contributed by atoms with Crippen LogP contribution in [0.4, 0.5) is 10.8 Å². The van der Waals surface area contributed by atoms with Crippen LogP contribution >= 0.6 is 11.3 Å². The molecule has 0 saturated carbocycles. The number of carbonyl (C=O) groups excluding carboxylic acids is 1. The monoisotopic (exact) mass is 332 g/mol. The molecule has 2 heterocycles. The SMILES string of the molecule is CC1=NO[C@H](c2cccc([N+](=O)[O-])c2)[C@@H]1C(=O)Nc1nccs1. The van der Waals surface area contributed by atoms with Crippen LogP contribution in [0.2, 0.25) is 0 Å². The van der Waals surface area contributed by atoms with Crippen LogP contribution in [0.5, 0.6) is 0 Å². The highest BCUT2D eigenvalue weighted by Gasteiger charge is 2.39. The molecule has 2 aromatic rings. The smallest absolute Gasteiger partial charge is 0.269 e. The average Bonchev–Trinajstić information content (AvgIpc) is 3.16. The third-order valence-electron chi connectivity index (χ3n) is 3.42. The van der Waals surface area contributed by atoms with Crippen molar-refractivity contribution in [3.8, 4) is 0 Å². The molecule has 0 unspecified atom stereocenters. The lowest BCUT2D eigenvalue weighted by atomic mass is 9.92. The number of rotatable bonds is 4. The van der Waals surface area contributed by atoms with Crippen LogP contribution in [0.15, 0.2) is 41.0 Å². The van der Waals surface area contributed by atoms with Gasteiger partial charge >= 0.3 is 0 Å². The third kappa shape index (κ3) is 3.04. The summed E-state index contributed by atoms with van der Waals surface area (Å²) in [5, 5.41) is 19.7. The molecule has 1 aliphatic rings. The van der Waals surface area contributed by atoms with Gasteiger partial charge in [0.05, 0.1) is 10.6 Å². The van der Waals surface area contributed by atoms with Crippen LogP contribution in [0.3, 0.4) is 0 Å². The van der Waals surface area contributed by atoms with E-state index in [0.29, 0.717) is 16.4 Å². The van der Waals surface area contributed by atoms with Crippen LogP contribution in [-0.2, 0) is 9.63 Å². The van der Waals surface area contributed by atoms with Gasteiger partial charge in [-0.25, -0.2) is 4.98 Å². The maximum atomic E-state index is 12.5. The van der Waals surface area contributed by atoms with Crippen molar-refractivity contribution in [3.05, 3.63) is 51.5 Å². The summed E-state index contributed by atoms with van der Waals surface area (Å²) < 4.78 is 0. The molecule has 0 bridgehead atoms. The van der Waals surface area contributed by atoms with Crippen molar-refractivity contribution < 1.29 is 14.6 Å². The van der Waals surface area contributed by atoms with Crippen LogP contribution < -0.4 is 5.32 Å². The highest BCUT2D eigenvalue weighted by atomic mass is 32.1. The summed E-state index contributed by atoms with van der Waals surface area (Å²) in [6.45, 7) is 1.68. The maximum absolute atomic E-state index is 12.5. The van der Waals surface area contributed by atoms with Crippen molar-refractivity contribution in [1.29, 1.82) is 0 Å². The molecule has 118 valence electrons. The second kappa shape index (κ2) is 6.13. The molecule has 1 amide bonds. The van der Waals surface area contributed by atoms with Crippen LogP contribution in [-0.4, -0.2) is 21.5 Å². The lowest BCUT2D eigenvalue weighted by Crippen LogP contribution is -2.30. The number of nitro groups is 1. The van der Waals surface area contributed by atoms with E-state index < -0.39 is 16.9 Å². The molecular weight excluding hydrogens is 320 g/mol. The fourth-order valence-corrected chi connectivity index (χ4v) is 2.87. The molecule has 0 fully saturated rings. The predicted octanol–water partition coefficient (Wildman–Crippen LogP) is 2.75. The molecule has 0 saturated heterocycles. The van der Waals surface area contributed by atoms with E-state index in [1.54, 1.807) is 30.6 Å². The minimum Gasteiger partial charge on any atom is -0.386 e. The number of hydrogen-bond donors (Lipinski definition) is 1. The number of oxime groups is 1. The zero-order valence-electron chi connectivity index (χ0n) is 12.0. The van der Waals surface area contributed by atoms with E-state index in [1.165, 1.54) is 23.5 Å². The molecule has 8 nitrogen and oxygen atoms in total. The van der Waals surface area contributed by atoms with Gasteiger partial charge in [-0.2, -0.15) is 0 Å². The van der Waals surface area contributed by atoms with Gasteiger partial charge in [0, 0.05) is 29.3 Å². The Kier molecular flexibility index (Phi) is 4.02. The average molecular weight is 332 g/mol. The van der Waals surface area contributed by atoms with Crippen molar-refractivity contribution in [3.63, 3.8) is 0 Å². The van der Waals surface area contributed by atoms with Gasteiger partial charge in [0.2, 0.25) is 5.91 Å². The summed E-state index contributed by atoms with van der Waals surface area (Å²) in [5.41, 5.74) is 0.976. The number of non-ortho nitro benzene ring substituents is 1. The normalized spacial score (nSPS) is 19.8. The summed E-state index contributed by atoms with van der Waals surface area (Å²) in [5.74, 6) is -0.976. The van der Waals surface area contributed by atoms with Crippen LogP contribution in [0.1, 0.15) is 18.6 Å². The van der Waals surface area contributed by atoms with Gasteiger partial charge in [-0.15, -0.1) is 11.3 Å². The van der Waals surface area contributed by atoms with Crippen molar-refractivity contribution in [2.45, 2.75) is 13.0 Å². The van der Waals surface area contributed by atoms with Gasteiger partial charge in [-0.05, 0) is 6.92 Å².